The van der Waals surface area contributed by atoms with Crippen LogP contribution in [-0.2, 0) is 9.53 Å². The molecule has 0 radical (unpaired) electrons. The molecule has 21 heavy (non-hydrogen) atoms. The van der Waals surface area contributed by atoms with Crippen LogP contribution >= 0.6 is 0 Å². The Morgan fingerprint density at radius 3 is 2.38 bits per heavy atom. The molecule has 0 bridgehead atoms. The van der Waals surface area contributed by atoms with E-state index < -0.39 is 12.1 Å². The van der Waals surface area contributed by atoms with Crippen molar-refractivity contribution in [1.29, 1.82) is 0 Å². The topological polar surface area (TPSA) is 84.7 Å². The van der Waals surface area contributed by atoms with Crippen LogP contribution in [0.5, 0.6) is 0 Å². The Labute approximate surface area is 125 Å². The van der Waals surface area contributed by atoms with Crippen LogP contribution in [-0.4, -0.2) is 38.1 Å². The van der Waals surface area contributed by atoms with Gasteiger partial charge in [0.1, 0.15) is 0 Å². The van der Waals surface area contributed by atoms with Crippen molar-refractivity contribution < 1.29 is 14.3 Å². The number of rotatable bonds is 5. The first kappa shape index (κ1) is 16.8. The lowest BCUT2D eigenvalue weighted by atomic mass is 10.1. The fraction of sp³-hybridized carbons (Fsp3) is 0.467. The zero-order valence-corrected chi connectivity index (χ0v) is 13.1. The van der Waals surface area contributed by atoms with Crippen molar-refractivity contribution in [2.45, 2.75) is 32.9 Å². The number of benzene rings is 1. The predicted octanol–water partition coefficient (Wildman–Crippen LogP) is 1.40. The molecule has 0 heterocycles. The molecule has 1 atom stereocenters. The smallest absolute Gasteiger partial charge is 0.341 e. The lowest BCUT2D eigenvalue weighted by Crippen LogP contribution is -2.39. The van der Waals surface area contributed by atoms with Crippen LogP contribution in [0.3, 0.4) is 0 Å². The third-order valence-electron chi connectivity index (χ3n) is 2.81. The van der Waals surface area contributed by atoms with Crippen molar-refractivity contribution in [1.82, 2.24) is 5.32 Å². The van der Waals surface area contributed by atoms with Gasteiger partial charge in [-0.05, 0) is 39.0 Å². The van der Waals surface area contributed by atoms with Crippen LogP contribution in [0.1, 0.15) is 31.1 Å². The number of amides is 1. The predicted molar refractivity (Wildman–Crippen MR) is 83.3 cm³/mol. The van der Waals surface area contributed by atoms with Gasteiger partial charge in [-0.3, -0.25) is 4.79 Å². The second-order valence-corrected chi connectivity index (χ2v) is 5.38. The summed E-state index contributed by atoms with van der Waals surface area (Å²) in [5, 5.41) is 2.70. The summed E-state index contributed by atoms with van der Waals surface area (Å²) in [4.78, 5) is 25.8. The number of anilines is 2. The monoisotopic (exact) mass is 293 g/mol. The van der Waals surface area contributed by atoms with E-state index in [1.165, 1.54) is 6.92 Å². The molecule has 0 spiro atoms. The number of carbonyl (C=O) groups is 2. The van der Waals surface area contributed by atoms with Crippen molar-refractivity contribution >= 4 is 23.3 Å². The number of carbonyl (C=O) groups excluding carboxylic acids is 2. The van der Waals surface area contributed by atoms with Crippen molar-refractivity contribution in [3.05, 3.63) is 23.8 Å². The first-order valence-electron chi connectivity index (χ1n) is 6.80. The molecule has 0 aliphatic carbocycles. The number of ether oxygens (including phenoxy) is 1. The Hall–Kier alpha value is -2.24. The zero-order valence-electron chi connectivity index (χ0n) is 13.1. The van der Waals surface area contributed by atoms with Gasteiger partial charge in [0.15, 0.2) is 6.10 Å². The van der Waals surface area contributed by atoms with E-state index in [0.29, 0.717) is 16.9 Å². The second-order valence-electron chi connectivity index (χ2n) is 5.38. The summed E-state index contributed by atoms with van der Waals surface area (Å²) in [7, 11) is 3.63. The molecule has 116 valence electrons. The first-order chi connectivity index (χ1) is 9.72. The van der Waals surface area contributed by atoms with Gasteiger partial charge in [-0.25, -0.2) is 4.79 Å². The first-order valence-corrected chi connectivity index (χ1v) is 6.80. The molecule has 0 fully saturated rings. The van der Waals surface area contributed by atoms with Gasteiger partial charge in [-0.1, -0.05) is 0 Å². The molecular weight excluding hydrogens is 270 g/mol. The third kappa shape index (κ3) is 4.66. The summed E-state index contributed by atoms with van der Waals surface area (Å²) in [6.45, 7) is 5.22. The standard InChI is InChI=1S/C15H23N3O3/c1-9(2)17-14(19)10(3)21-15(20)12-8-11(16)6-7-13(12)18(4)5/h6-10H,16H2,1-5H3,(H,17,19). The number of hydrogen-bond acceptors (Lipinski definition) is 5. The molecule has 6 heteroatoms. The molecule has 3 N–H and O–H groups in total. The molecule has 1 rings (SSSR count). The Balaban J connectivity index is 2.89. The van der Waals surface area contributed by atoms with Crippen LogP contribution in [0.15, 0.2) is 18.2 Å². The summed E-state index contributed by atoms with van der Waals surface area (Å²) in [6, 6.07) is 4.99. The highest BCUT2D eigenvalue weighted by molar-refractivity contribution is 5.98. The van der Waals surface area contributed by atoms with Gasteiger partial charge >= 0.3 is 5.97 Å². The summed E-state index contributed by atoms with van der Waals surface area (Å²) in [5.74, 6) is -0.897. The van der Waals surface area contributed by atoms with Crippen LogP contribution in [0.25, 0.3) is 0 Å². The molecule has 0 aliphatic rings. The highest BCUT2D eigenvalue weighted by Crippen LogP contribution is 2.22. The molecule has 1 unspecified atom stereocenters. The van der Waals surface area contributed by atoms with Crippen molar-refractivity contribution in [3.8, 4) is 0 Å². The van der Waals surface area contributed by atoms with E-state index >= 15 is 0 Å². The van der Waals surface area contributed by atoms with Gasteiger partial charge in [0.2, 0.25) is 0 Å². The van der Waals surface area contributed by atoms with Crippen molar-refractivity contribution in [2.75, 3.05) is 24.7 Å². The maximum Gasteiger partial charge on any atom is 0.341 e. The maximum absolute atomic E-state index is 12.2. The third-order valence-corrected chi connectivity index (χ3v) is 2.81. The van der Waals surface area contributed by atoms with Gasteiger partial charge in [0.05, 0.1) is 11.3 Å². The van der Waals surface area contributed by atoms with E-state index in [4.69, 9.17) is 10.5 Å². The van der Waals surface area contributed by atoms with Gasteiger partial charge in [0, 0.05) is 25.8 Å². The average molecular weight is 293 g/mol. The molecule has 0 saturated carbocycles. The van der Waals surface area contributed by atoms with Crippen LogP contribution in [0, 0.1) is 0 Å². The van der Waals surface area contributed by atoms with Gasteiger partial charge < -0.3 is 20.7 Å². The highest BCUT2D eigenvalue weighted by atomic mass is 16.5. The molecule has 0 saturated heterocycles. The zero-order chi connectivity index (χ0) is 16.2. The van der Waals surface area contributed by atoms with Gasteiger partial charge in [-0.2, -0.15) is 0 Å². The fourth-order valence-corrected chi connectivity index (χ4v) is 1.79. The number of hydrogen-bond donors (Lipinski definition) is 2. The minimum absolute atomic E-state index is 0.0108. The minimum atomic E-state index is -0.864. The SMILES string of the molecule is CC(C)NC(=O)C(C)OC(=O)c1cc(N)ccc1N(C)C. The largest absolute Gasteiger partial charge is 0.449 e. The van der Waals surface area contributed by atoms with Crippen molar-refractivity contribution in [2.24, 2.45) is 0 Å². The normalized spacial score (nSPS) is 11.9. The summed E-state index contributed by atoms with van der Waals surface area (Å²) < 4.78 is 5.21. The average Bonchev–Trinajstić information content (AvgIpc) is 2.37. The molecule has 0 aliphatic heterocycles. The Bertz CT molecular complexity index is 527. The number of nitrogens with two attached hydrogens (primary N) is 1. The van der Waals surface area contributed by atoms with Gasteiger partial charge in [0.25, 0.3) is 5.91 Å². The second kappa shape index (κ2) is 6.97. The van der Waals surface area contributed by atoms with Crippen LogP contribution < -0.4 is 16.0 Å². The summed E-state index contributed by atoms with van der Waals surface area (Å²) in [5.41, 5.74) is 7.20. The maximum atomic E-state index is 12.2. The van der Waals surface area contributed by atoms with E-state index in [0.717, 1.165) is 0 Å². The molecule has 1 amide bonds. The Kier molecular flexibility index (Phi) is 5.58. The van der Waals surface area contributed by atoms with Crippen molar-refractivity contribution in [3.63, 3.8) is 0 Å². The molecule has 0 aromatic heterocycles. The number of esters is 1. The quantitative estimate of drug-likeness (QED) is 0.633. The molecule has 1 aromatic carbocycles. The highest BCUT2D eigenvalue weighted by Gasteiger charge is 2.22. The van der Waals surface area contributed by atoms with E-state index in [1.807, 2.05) is 27.9 Å². The minimum Gasteiger partial charge on any atom is -0.449 e. The van der Waals surface area contributed by atoms with E-state index in [9.17, 15) is 9.59 Å². The Morgan fingerprint density at radius 2 is 1.86 bits per heavy atom. The molecular formula is C15H23N3O3. The van der Waals surface area contributed by atoms with Crippen LogP contribution in [0.2, 0.25) is 0 Å². The number of nitrogens with zero attached hydrogens (tertiary/aromatic N) is 1. The van der Waals surface area contributed by atoms with Crippen LogP contribution in [0.4, 0.5) is 11.4 Å². The lowest BCUT2D eigenvalue weighted by molar-refractivity contribution is -0.129. The summed E-state index contributed by atoms with van der Waals surface area (Å²) in [6.07, 6.45) is -0.864. The number of nitrogen functional groups attached to an aromatic ring is 1. The van der Waals surface area contributed by atoms with E-state index in [-0.39, 0.29) is 11.9 Å². The fourth-order valence-electron chi connectivity index (χ4n) is 1.79. The summed E-state index contributed by atoms with van der Waals surface area (Å²) >= 11 is 0. The van der Waals surface area contributed by atoms with Gasteiger partial charge in [-0.15, -0.1) is 0 Å². The number of nitrogens with one attached hydrogen (secondary N) is 1. The molecule has 6 nitrogen and oxygen atoms in total. The lowest BCUT2D eigenvalue weighted by Gasteiger charge is -2.19. The van der Waals surface area contributed by atoms with E-state index in [2.05, 4.69) is 5.32 Å². The Morgan fingerprint density at radius 1 is 1.24 bits per heavy atom. The molecule has 1 aromatic rings. The van der Waals surface area contributed by atoms with E-state index in [1.54, 1.807) is 23.1 Å².